The van der Waals surface area contributed by atoms with Crippen LogP contribution in [0.1, 0.15) is 25.5 Å². The van der Waals surface area contributed by atoms with Crippen LogP contribution in [0.5, 0.6) is 0 Å². The van der Waals surface area contributed by atoms with Crippen LogP contribution in [0, 0.1) is 0 Å². The lowest BCUT2D eigenvalue weighted by molar-refractivity contribution is -0.114. The standard InChI is InChI=1S/C12H18N4O/c1-8(15-12(13)14-3)10-5-4-6-11(7-10)16-9(2)17/h4-8H,1-3H3,(H,16,17)(H3,13,14,15). The fourth-order valence-corrected chi connectivity index (χ4v) is 1.46. The van der Waals surface area contributed by atoms with Crippen molar-refractivity contribution in [2.24, 2.45) is 10.7 Å². The zero-order valence-corrected chi connectivity index (χ0v) is 10.3. The van der Waals surface area contributed by atoms with Gasteiger partial charge in [-0.3, -0.25) is 9.79 Å². The molecule has 1 rings (SSSR count). The average Bonchev–Trinajstić information content (AvgIpc) is 2.28. The van der Waals surface area contributed by atoms with E-state index in [4.69, 9.17) is 5.73 Å². The normalized spacial score (nSPS) is 13.0. The minimum atomic E-state index is -0.0857. The molecule has 17 heavy (non-hydrogen) atoms. The maximum atomic E-state index is 11.0. The molecule has 0 radical (unpaired) electrons. The molecule has 0 aliphatic carbocycles. The highest BCUT2D eigenvalue weighted by Crippen LogP contribution is 2.17. The SMILES string of the molecule is CN=C(N)NC(C)c1cccc(NC(C)=O)c1. The third kappa shape index (κ3) is 4.14. The Bertz CT molecular complexity index is 428. The Balaban J connectivity index is 2.80. The topological polar surface area (TPSA) is 79.5 Å². The van der Waals surface area contributed by atoms with Crippen LogP contribution in [0.2, 0.25) is 0 Å². The highest BCUT2D eigenvalue weighted by molar-refractivity contribution is 5.88. The Morgan fingerprint density at radius 3 is 2.76 bits per heavy atom. The zero-order chi connectivity index (χ0) is 12.8. The number of carbonyl (C=O) groups excluding carboxylic acids is 1. The van der Waals surface area contributed by atoms with Crippen LogP contribution in [-0.2, 0) is 4.79 Å². The third-order valence-corrected chi connectivity index (χ3v) is 2.31. The van der Waals surface area contributed by atoms with Crippen LogP contribution < -0.4 is 16.4 Å². The van der Waals surface area contributed by atoms with Gasteiger partial charge in [0.15, 0.2) is 5.96 Å². The lowest BCUT2D eigenvalue weighted by atomic mass is 10.1. The van der Waals surface area contributed by atoms with Crippen LogP contribution in [0.15, 0.2) is 29.3 Å². The number of benzene rings is 1. The van der Waals surface area contributed by atoms with Crippen molar-refractivity contribution in [3.05, 3.63) is 29.8 Å². The summed E-state index contributed by atoms with van der Waals surface area (Å²) < 4.78 is 0. The van der Waals surface area contributed by atoms with Crippen molar-refractivity contribution in [1.29, 1.82) is 0 Å². The molecule has 1 amide bonds. The predicted octanol–water partition coefficient (Wildman–Crippen LogP) is 1.24. The van der Waals surface area contributed by atoms with Gasteiger partial charge in [-0.15, -0.1) is 0 Å². The number of nitrogens with zero attached hydrogens (tertiary/aromatic N) is 1. The summed E-state index contributed by atoms with van der Waals surface area (Å²) in [6.07, 6.45) is 0. The Morgan fingerprint density at radius 2 is 2.18 bits per heavy atom. The van der Waals surface area contributed by atoms with Gasteiger partial charge in [0.1, 0.15) is 0 Å². The van der Waals surface area contributed by atoms with E-state index in [2.05, 4.69) is 15.6 Å². The largest absolute Gasteiger partial charge is 0.370 e. The van der Waals surface area contributed by atoms with E-state index in [1.807, 2.05) is 31.2 Å². The summed E-state index contributed by atoms with van der Waals surface area (Å²) in [7, 11) is 1.63. The van der Waals surface area contributed by atoms with E-state index < -0.39 is 0 Å². The molecule has 5 nitrogen and oxygen atoms in total. The van der Waals surface area contributed by atoms with Crippen molar-refractivity contribution in [2.75, 3.05) is 12.4 Å². The van der Waals surface area contributed by atoms with Crippen molar-refractivity contribution in [2.45, 2.75) is 19.9 Å². The summed E-state index contributed by atoms with van der Waals surface area (Å²) in [5, 5.41) is 5.78. The van der Waals surface area contributed by atoms with Gasteiger partial charge in [0, 0.05) is 19.7 Å². The first-order valence-electron chi connectivity index (χ1n) is 5.39. The number of amides is 1. The van der Waals surface area contributed by atoms with Crippen molar-refractivity contribution >= 4 is 17.6 Å². The van der Waals surface area contributed by atoms with Crippen molar-refractivity contribution in [1.82, 2.24) is 5.32 Å². The fourth-order valence-electron chi connectivity index (χ4n) is 1.46. The summed E-state index contributed by atoms with van der Waals surface area (Å²) in [4.78, 5) is 14.8. The van der Waals surface area contributed by atoms with E-state index in [-0.39, 0.29) is 11.9 Å². The highest BCUT2D eigenvalue weighted by Gasteiger charge is 2.06. The lowest BCUT2D eigenvalue weighted by Gasteiger charge is -2.15. The first-order valence-corrected chi connectivity index (χ1v) is 5.39. The molecule has 1 unspecified atom stereocenters. The number of nitrogens with one attached hydrogen (secondary N) is 2. The van der Waals surface area contributed by atoms with Crippen LogP contribution in [0.3, 0.4) is 0 Å². The molecule has 92 valence electrons. The van der Waals surface area contributed by atoms with E-state index in [1.165, 1.54) is 6.92 Å². The Kier molecular flexibility index (Phi) is 4.51. The lowest BCUT2D eigenvalue weighted by Crippen LogP contribution is -2.33. The van der Waals surface area contributed by atoms with E-state index >= 15 is 0 Å². The van der Waals surface area contributed by atoms with Gasteiger partial charge in [-0.05, 0) is 24.6 Å². The monoisotopic (exact) mass is 234 g/mol. The van der Waals surface area contributed by atoms with Crippen LogP contribution in [0.4, 0.5) is 5.69 Å². The molecule has 0 heterocycles. The van der Waals surface area contributed by atoms with E-state index in [0.29, 0.717) is 5.96 Å². The number of hydrogen-bond acceptors (Lipinski definition) is 2. The molecular formula is C12H18N4O. The number of rotatable bonds is 3. The molecule has 1 atom stereocenters. The number of anilines is 1. The molecule has 0 spiro atoms. The molecular weight excluding hydrogens is 216 g/mol. The maximum absolute atomic E-state index is 11.0. The highest BCUT2D eigenvalue weighted by atomic mass is 16.1. The van der Waals surface area contributed by atoms with Gasteiger partial charge in [0.2, 0.25) is 5.91 Å². The molecule has 1 aromatic carbocycles. The van der Waals surface area contributed by atoms with E-state index in [1.54, 1.807) is 7.05 Å². The quantitative estimate of drug-likeness (QED) is 0.544. The van der Waals surface area contributed by atoms with Crippen molar-refractivity contribution < 1.29 is 4.79 Å². The van der Waals surface area contributed by atoms with Crippen molar-refractivity contribution in [3.8, 4) is 0 Å². The van der Waals surface area contributed by atoms with Gasteiger partial charge in [0.05, 0.1) is 6.04 Å². The second-order valence-electron chi connectivity index (χ2n) is 3.78. The Morgan fingerprint density at radius 1 is 1.47 bits per heavy atom. The van der Waals surface area contributed by atoms with Crippen molar-refractivity contribution in [3.63, 3.8) is 0 Å². The Labute approximate surface area is 101 Å². The number of aliphatic imine (C=N–C) groups is 1. The molecule has 0 aliphatic rings. The van der Waals surface area contributed by atoms with Gasteiger partial charge >= 0.3 is 0 Å². The molecule has 0 bridgehead atoms. The first-order chi connectivity index (χ1) is 8.02. The molecule has 1 aromatic rings. The molecule has 0 aromatic heterocycles. The Hall–Kier alpha value is -2.04. The number of guanidine groups is 1. The molecule has 0 aliphatic heterocycles. The predicted molar refractivity (Wildman–Crippen MR) is 69.8 cm³/mol. The van der Waals surface area contributed by atoms with Crippen LogP contribution in [-0.4, -0.2) is 18.9 Å². The molecule has 0 saturated carbocycles. The summed E-state index contributed by atoms with van der Waals surface area (Å²) >= 11 is 0. The first kappa shape index (κ1) is 13.0. The summed E-state index contributed by atoms with van der Waals surface area (Å²) in [6, 6.07) is 7.63. The summed E-state index contributed by atoms with van der Waals surface area (Å²) in [5.41, 5.74) is 7.40. The number of hydrogen-bond donors (Lipinski definition) is 3. The second kappa shape index (κ2) is 5.89. The van der Waals surface area contributed by atoms with Gasteiger partial charge in [-0.1, -0.05) is 12.1 Å². The van der Waals surface area contributed by atoms with Crippen LogP contribution >= 0.6 is 0 Å². The smallest absolute Gasteiger partial charge is 0.221 e. The third-order valence-electron chi connectivity index (χ3n) is 2.31. The minimum Gasteiger partial charge on any atom is -0.370 e. The number of carbonyl (C=O) groups is 1. The zero-order valence-electron chi connectivity index (χ0n) is 10.3. The van der Waals surface area contributed by atoms with E-state index in [9.17, 15) is 4.79 Å². The fraction of sp³-hybridized carbons (Fsp3) is 0.333. The summed E-state index contributed by atoms with van der Waals surface area (Å²) in [5.74, 6) is 0.305. The molecule has 5 heteroatoms. The van der Waals surface area contributed by atoms with Gasteiger partial charge in [-0.25, -0.2) is 0 Å². The minimum absolute atomic E-state index is 0.0346. The second-order valence-corrected chi connectivity index (χ2v) is 3.78. The summed E-state index contributed by atoms with van der Waals surface area (Å²) in [6.45, 7) is 3.46. The number of nitrogens with two attached hydrogens (primary N) is 1. The molecule has 0 saturated heterocycles. The van der Waals surface area contributed by atoms with E-state index in [0.717, 1.165) is 11.3 Å². The van der Waals surface area contributed by atoms with Gasteiger partial charge in [0.25, 0.3) is 0 Å². The molecule has 4 N–H and O–H groups in total. The average molecular weight is 234 g/mol. The van der Waals surface area contributed by atoms with Gasteiger partial charge < -0.3 is 16.4 Å². The van der Waals surface area contributed by atoms with Crippen LogP contribution in [0.25, 0.3) is 0 Å². The van der Waals surface area contributed by atoms with Gasteiger partial charge in [-0.2, -0.15) is 0 Å². The molecule has 0 fully saturated rings. The maximum Gasteiger partial charge on any atom is 0.221 e.